The highest BCUT2D eigenvalue weighted by atomic mass is 35.5. The molecular weight excluding hydrogens is 299 g/mol. The summed E-state index contributed by atoms with van der Waals surface area (Å²) in [6, 6.07) is 7.06. The zero-order chi connectivity index (χ0) is 14.7. The van der Waals surface area contributed by atoms with Gasteiger partial charge in [0.2, 0.25) is 0 Å². The summed E-state index contributed by atoms with van der Waals surface area (Å²) in [6.07, 6.45) is -0.280. The van der Waals surface area contributed by atoms with Gasteiger partial charge in [-0.25, -0.2) is 0 Å². The van der Waals surface area contributed by atoms with E-state index in [1.165, 1.54) is 0 Å². The van der Waals surface area contributed by atoms with E-state index < -0.39 is 6.10 Å². The van der Waals surface area contributed by atoms with Crippen LogP contribution in [0.4, 0.5) is 0 Å². The fraction of sp³-hybridized carbons (Fsp3) is 0.357. The Labute approximate surface area is 127 Å². The van der Waals surface area contributed by atoms with Gasteiger partial charge < -0.3 is 9.84 Å². The third-order valence-corrected chi connectivity index (χ3v) is 3.66. The van der Waals surface area contributed by atoms with Crippen LogP contribution in [0, 0.1) is 6.92 Å². The van der Waals surface area contributed by atoms with Crippen LogP contribution in [0.15, 0.2) is 24.3 Å². The van der Waals surface area contributed by atoms with Crippen molar-refractivity contribution in [2.75, 3.05) is 6.61 Å². The molecule has 4 nitrogen and oxygen atoms in total. The van der Waals surface area contributed by atoms with Crippen molar-refractivity contribution in [1.29, 1.82) is 0 Å². The second-order valence-corrected chi connectivity index (χ2v) is 5.41. The fourth-order valence-electron chi connectivity index (χ4n) is 1.93. The summed E-state index contributed by atoms with van der Waals surface area (Å²) in [6.45, 7) is 2.00. The van der Waals surface area contributed by atoms with E-state index in [1.807, 2.05) is 6.92 Å². The zero-order valence-electron chi connectivity index (χ0n) is 11.3. The summed E-state index contributed by atoms with van der Waals surface area (Å²) in [5.41, 5.74) is 1.55. The van der Waals surface area contributed by atoms with Crippen LogP contribution in [0.3, 0.4) is 0 Å². The number of nitrogens with zero attached hydrogens (tertiary/aromatic N) is 2. The largest absolute Gasteiger partial charge is 0.491 e. The number of hydrogen-bond acceptors (Lipinski definition) is 3. The monoisotopic (exact) mass is 314 g/mol. The van der Waals surface area contributed by atoms with Gasteiger partial charge in [0.25, 0.3) is 0 Å². The molecule has 0 saturated carbocycles. The lowest BCUT2D eigenvalue weighted by molar-refractivity contribution is 0.106. The summed E-state index contributed by atoms with van der Waals surface area (Å²) < 4.78 is 7.18. The molecule has 0 aliphatic rings. The molecule has 1 atom stereocenters. The van der Waals surface area contributed by atoms with Gasteiger partial charge in [0.1, 0.15) is 12.4 Å². The van der Waals surface area contributed by atoms with Gasteiger partial charge in [-0.05, 0) is 25.1 Å². The van der Waals surface area contributed by atoms with Crippen molar-refractivity contribution >= 4 is 23.2 Å². The van der Waals surface area contributed by atoms with Crippen molar-refractivity contribution in [3.05, 3.63) is 45.7 Å². The molecule has 0 radical (unpaired) electrons. The van der Waals surface area contributed by atoms with E-state index in [9.17, 15) is 5.11 Å². The molecule has 0 amide bonds. The van der Waals surface area contributed by atoms with Crippen LogP contribution in [-0.4, -0.2) is 27.6 Å². The van der Waals surface area contributed by atoms with Crippen LogP contribution in [0.25, 0.3) is 0 Å². The van der Waals surface area contributed by atoms with Crippen molar-refractivity contribution in [2.45, 2.75) is 19.4 Å². The van der Waals surface area contributed by atoms with Crippen LogP contribution in [0.5, 0.6) is 5.75 Å². The number of aliphatic hydroxyl groups is 1. The van der Waals surface area contributed by atoms with Gasteiger partial charge in [-0.3, -0.25) is 4.68 Å². The second-order valence-electron chi connectivity index (χ2n) is 4.60. The number of rotatable bonds is 5. The molecule has 0 aliphatic carbocycles. The summed E-state index contributed by atoms with van der Waals surface area (Å²) in [5, 5.41) is 15.4. The lowest BCUT2D eigenvalue weighted by Crippen LogP contribution is -2.21. The summed E-state index contributed by atoms with van der Waals surface area (Å²) in [7, 11) is 1.80. The maximum atomic E-state index is 10.0. The molecule has 6 heteroatoms. The first-order valence-electron chi connectivity index (χ1n) is 6.21. The molecule has 0 bridgehead atoms. The highest BCUT2D eigenvalue weighted by Gasteiger charge is 2.15. The maximum absolute atomic E-state index is 10.0. The van der Waals surface area contributed by atoms with Crippen LogP contribution in [-0.2, 0) is 13.5 Å². The van der Waals surface area contributed by atoms with E-state index in [-0.39, 0.29) is 6.61 Å². The highest BCUT2D eigenvalue weighted by Crippen LogP contribution is 2.21. The Hall–Kier alpha value is -1.23. The Morgan fingerprint density at radius 2 is 2.15 bits per heavy atom. The molecule has 0 spiro atoms. The molecule has 1 N–H and O–H groups in total. The molecule has 1 aromatic carbocycles. The molecule has 20 heavy (non-hydrogen) atoms. The number of aryl methyl sites for hydroxylation is 2. The summed E-state index contributed by atoms with van der Waals surface area (Å²) in [5.74, 6) is 0.629. The van der Waals surface area contributed by atoms with Gasteiger partial charge in [-0.2, -0.15) is 5.10 Å². The second kappa shape index (κ2) is 6.48. The van der Waals surface area contributed by atoms with Gasteiger partial charge >= 0.3 is 0 Å². The molecule has 108 valence electrons. The molecule has 0 saturated heterocycles. The molecule has 1 unspecified atom stereocenters. The van der Waals surface area contributed by atoms with Crippen molar-refractivity contribution < 1.29 is 9.84 Å². The van der Waals surface area contributed by atoms with Crippen molar-refractivity contribution in [2.24, 2.45) is 7.05 Å². The van der Waals surface area contributed by atoms with Crippen LogP contribution in [0.2, 0.25) is 10.0 Å². The van der Waals surface area contributed by atoms with Gasteiger partial charge in [0, 0.05) is 18.5 Å². The van der Waals surface area contributed by atoms with E-state index in [0.29, 0.717) is 22.2 Å². The fourth-order valence-corrected chi connectivity index (χ4v) is 2.35. The van der Waals surface area contributed by atoms with Crippen LogP contribution in [0.1, 0.15) is 11.4 Å². The van der Waals surface area contributed by atoms with E-state index >= 15 is 0 Å². The van der Waals surface area contributed by atoms with E-state index in [4.69, 9.17) is 27.9 Å². The Bertz CT molecular complexity index is 599. The van der Waals surface area contributed by atoms with Crippen LogP contribution < -0.4 is 4.74 Å². The molecule has 1 heterocycles. The quantitative estimate of drug-likeness (QED) is 0.922. The smallest absolute Gasteiger partial charge is 0.120 e. The lowest BCUT2D eigenvalue weighted by Gasteiger charge is -2.13. The average molecular weight is 315 g/mol. The van der Waals surface area contributed by atoms with Gasteiger partial charge in [0.15, 0.2) is 0 Å². The third kappa shape index (κ3) is 3.66. The number of halogens is 2. The molecule has 2 rings (SSSR count). The van der Waals surface area contributed by atoms with E-state index in [0.717, 1.165) is 11.4 Å². The minimum atomic E-state index is -0.665. The highest BCUT2D eigenvalue weighted by molar-refractivity contribution is 6.31. The Morgan fingerprint density at radius 1 is 1.40 bits per heavy atom. The predicted molar refractivity (Wildman–Crippen MR) is 79.6 cm³/mol. The Kier molecular flexibility index (Phi) is 4.91. The van der Waals surface area contributed by atoms with Gasteiger partial charge in [-0.15, -0.1) is 0 Å². The van der Waals surface area contributed by atoms with Gasteiger partial charge in [0.05, 0.1) is 22.5 Å². The average Bonchev–Trinajstić information content (AvgIpc) is 2.63. The molecular formula is C14H16Cl2N2O2. The summed E-state index contributed by atoms with van der Waals surface area (Å²) in [4.78, 5) is 0. The minimum absolute atomic E-state index is 0.168. The number of aliphatic hydroxyl groups excluding tert-OH is 1. The van der Waals surface area contributed by atoms with Crippen LogP contribution >= 0.6 is 23.2 Å². The first-order chi connectivity index (χ1) is 9.47. The third-order valence-electron chi connectivity index (χ3n) is 2.93. The van der Waals surface area contributed by atoms with Crippen molar-refractivity contribution in [3.63, 3.8) is 0 Å². The normalized spacial score (nSPS) is 12.4. The lowest BCUT2D eigenvalue weighted by atomic mass is 10.2. The first-order valence-corrected chi connectivity index (χ1v) is 6.97. The number of hydrogen-bond donors (Lipinski definition) is 1. The molecule has 2 aromatic rings. The first kappa shape index (κ1) is 15.2. The zero-order valence-corrected chi connectivity index (χ0v) is 12.8. The Balaban J connectivity index is 1.94. The topological polar surface area (TPSA) is 47.3 Å². The van der Waals surface area contributed by atoms with E-state index in [1.54, 1.807) is 36.0 Å². The molecule has 0 aliphatic heterocycles. The maximum Gasteiger partial charge on any atom is 0.120 e. The number of benzene rings is 1. The standard InChI is InChI=1S/C14H16Cl2N2O2/c1-9-14(16)13(18(2)17-9)7-11(19)8-20-12-5-3-4-10(15)6-12/h3-6,11,19H,7-8H2,1-2H3. The number of aromatic nitrogens is 2. The van der Waals surface area contributed by atoms with E-state index in [2.05, 4.69) is 5.10 Å². The summed E-state index contributed by atoms with van der Waals surface area (Å²) >= 11 is 12.0. The predicted octanol–water partition coefficient (Wildman–Crippen LogP) is 3.02. The van der Waals surface area contributed by atoms with Crippen molar-refractivity contribution in [1.82, 2.24) is 9.78 Å². The minimum Gasteiger partial charge on any atom is -0.491 e. The Morgan fingerprint density at radius 3 is 2.75 bits per heavy atom. The molecule has 1 aromatic heterocycles. The van der Waals surface area contributed by atoms with Crippen molar-refractivity contribution in [3.8, 4) is 5.75 Å². The van der Waals surface area contributed by atoms with Gasteiger partial charge in [-0.1, -0.05) is 29.3 Å². The number of ether oxygens (including phenoxy) is 1. The SMILES string of the molecule is Cc1nn(C)c(CC(O)COc2cccc(Cl)c2)c1Cl. The molecule has 0 fully saturated rings.